The first-order valence-electron chi connectivity index (χ1n) is 7.53. The molecule has 0 saturated carbocycles. The minimum absolute atomic E-state index is 0.0906. The van der Waals surface area contributed by atoms with E-state index >= 15 is 0 Å². The quantitative estimate of drug-likeness (QED) is 0.729. The normalized spacial score (nSPS) is 13.1. The van der Waals surface area contributed by atoms with Gasteiger partial charge in [0.25, 0.3) is 5.91 Å². The number of carbonyl (C=O) groups is 2. The van der Waals surface area contributed by atoms with E-state index in [4.69, 9.17) is 10.00 Å². The largest absolute Gasteiger partial charge is 0.454 e. The second kappa shape index (κ2) is 7.85. The molecule has 132 valence electrons. The summed E-state index contributed by atoms with van der Waals surface area (Å²) in [4.78, 5) is 25.6. The van der Waals surface area contributed by atoms with E-state index in [1.165, 1.54) is 11.3 Å². The maximum Gasteiger partial charge on any atom is 0.330 e. The van der Waals surface area contributed by atoms with Crippen molar-refractivity contribution in [2.24, 2.45) is 5.92 Å². The number of hydrogen-bond acceptors (Lipinski definition) is 8. The first kappa shape index (κ1) is 18.5. The van der Waals surface area contributed by atoms with Crippen molar-refractivity contribution >= 4 is 23.2 Å². The Morgan fingerprint density at radius 1 is 1.52 bits per heavy atom. The molecule has 0 radical (unpaired) electrons. The van der Waals surface area contributed by atoms with Gasteiger partial charge in [-0.05, 0) is 29.5 Å². The molecule has 0 fully saturated rings. The van der Waals surface area contributed by atoms with Crippen LogP contribution in [0.25, 0.3) is 10.7 Å². The molecule has 10 heteroatoms. The van der Waals surface area contributed by atoms with E-state index < -0.39 is 24.0 Å². The van der Waals surface area contributed by atoms with Crippen molar-refractivity contribution in [2.45, 2.75) is 32.9 Å². The molecule has 0 unspecified atom stereocenters. The second-order valence-corrected chi connectivity index (χ2v) is 6.75. The standard InChI is InChI=1S/C15H18N6O3S/c1-10(2)15(3,9-16)17-12(22)8-24-13(23)7-21-19-14(18-20-21)11-5-4-6-25-11/h4-6,10H,7-8H2,1-3H3,(H,17,22)/t15-/m0/s1. The van der Waals surface area contributed by atoms with Crippen molar-refractivity contribution in [1.29, 1.82) is 5.26 Å². The number of aromatic nitrogens is 4. The van der Waals surface area contributed by atoms with E-state index in [1.807, 2.05) is 37.4 Å². The summed E-state index contributed by atoms with van der Waals surface area (Å²) in [6, 6.07) is 5.75. The van der Waals surface area contributed by atoms with Gasteiger partial charge in [-0.15, -0.1) is 21.5 Å². The van der Waals surface area contributed by atoms with Crippen LogP contribution in [0.1, 0.15) is 20.8 Å². The van der Waals surface area contributed by atoms with Crippen molar-refractivity contribution < 1.29 is 14.3 Å². The Bertz CT molecular complexity index is 780. The molecule has 2 rings (SSSR count). The summed E-state index contributed by atoms with van der Waals surface area (Å²) in [5.74, 6) is -0.889. The topological polar surface area (TPSA) is 123 Å². The van der Waals surface area contributed by atoms with Crippen molar-refractivity contribution in [1.82, 2.24) is 25.5 Å². The summed E-state index contributed by atoms with van der Waals surface area (Å²) in [5.41, 5.74) is -1.02. The van der Waals surface area contributed by atoms with Gasteiger partial charge in [0.1, 0.15) is 5.54 Å². The number of rotatable bonds is 7. The maximum absolute atomic E-state index is 11.8. The summed E-state index contributed by atoms with van der Waals surface area (Å²) in [7, 11) is 0. The van der Waals surface area contributed by atoms with Crippen LogP contribution in [0.4, 0.5) is 0 Å². The highest BCUT2D eigenvalue weighted by Crippen LogP contribution is 2.19. The van der Waals surface area contributed by atoms with Crippen LogP contribution in [0.3, 0.4) is 0 Å². The van der Waals surface area contributed by atoms with Gasteiger partial charge in [0.15, 0.2) is 13.2 Å². The molecule has 0 aliphatic carbocycles. The van der Waals surface area contributed by atoms with Crippen LogP contribution in [0.15, 0.2) is 17.5 Å². The monoisotopic (exact) mass is 362 g/mol. The third-order valence-corrected chi connectivity index (χ3v) is 4.48. The van der Waals surface area contributed by atoms with Crippen LogP contribution in [-0.2, 0) is 20.9 Å². The Morgan fingerprint density at radius 2 is 2.28 bits per heavy atom. The molecule has 9 nitrogen and oxygen atoms in total. The van der Waals surface area contributed by atoms with Gasteiger partial charge in [-0.1, -0.05) is 19.9 Å². The van der Waals surface area contributed by atoms with Crippen molar-refractivity contribution in [3.8, 4) is 16.8 Å². The SMILES string of the molecule is CC(C)[C@](C)(C#N)NC(=O)COC(=O)Cn1nnc(-c2cccs2)n1. The number of amides is 1. The summed E-state index contributed by atoms with van der Waals surface area (Å²) in [6.45, 7) is 4.51. The first-order valence-corrected chi connectivity index (χ1v) is 8.41. The smallest absolute Gasteiger partial charge is 0.330 e. The lowest BCUT2D eigenvalue weighted by Crippen LogP contribution is -2.50. The zero-order valence-corrected chi connectivity index (χ0v) is 14.9. The molecule has 0 aromatic carbocycles. The molecule has 0 aliphatic rings. The Hall–Kier alpha value is -2.80. The Labute approximate surface area is 148 Å². The number of hydrogen-bond donors (Lipinski definition) is 1. The zero-order chi connectivity index (χ0) is 18.4. The van der Waals surface area contributed by atoms with Gasteiger partial charge in [-0.2, -0.15) is 10.1 Å². The number of esters is 1. The predicted octanol–water partition coefficient (Wildman–Crippen LogP) is 0.999. The molecule has 25 heavy (non-hydrogen) atoms. The van der Waals surface area contributed by atoms with Gasteiger partial charge in [0, 0.05) is 0 Å². The lowest BCUT2D eigenvalue weighted by molar-refractivity contribution is -0.150. The third kappa shape index (κ3) is 4.84. The van der Waals surface area contributed by atoms with Gasteiger partial charge >= 0.3 is 5.97 Å². The number of tetrazole rings is 1. The fourth-order valence-electron chi connectivity index (χ4n) is 1.75. The number of thiophene rings is 1. The number of carbonyl (C=O) groups excluding carboxylic acids is 2. The van der Waals surface area contributed by atoms with Gasteiger partial charge in [-0.25, -0.2) is 4.79 Å². The predicted molar refractivity (Wildman–Crippen MR) is 89.1 cm³/mol. The average molecular weight is 362 g/mol. The second-order valence-electron chi connectivity index (χ2n) is 5.80. The van der Waals surface area contributed by atoms with Crippen LogP contribution in [0.2, 0.25) is 0 Å². The van der Waals surface area contributed by atoms with Crippen LogP contribution in [-0.4, -0.2) is 44.2 Å². The van der Waals surface area contributed by atoms with Crippen molar-refractivity contribution in [3.05, 3.63) is 17.5 Å². The van der Waals surface area contributed by atoms with Crippen LogP contribution in [0, 0.1) is 17.2 Å². The molecule has 2 heterocycles. The van der Waals surface area contributed by atoms with Gasteiger partial charge in [0.2, 0.25) is 5.82 Å². The summed E-state index contributed by atoms with van der Waals surface area (Å²) in [6.07, 6.45) is 0. The highest BCUT2D eigenvalue weighted by atomic mass is 32.1. The van der Waals surface area contributed by atoms with Gasteiger partial charge in [-0.3, -0.25) is 4.79 Å². The molecule has 0 bridgehead atoms. The number of nitriles is 1. The Morgan fingerprint density at radius 3 is 2.88 bits per heavy atom. The van der Waals surface area contributed by atoms with E-state index in [0.29, 0.717) is 5.82 Å². The molecule has 2 aromatic heterocycles. The van der Waals surface area contributed by atoms with Crippen LogP contribution in [0.5, 0.6) is 0 Å². The molecule has 1 amide bonds. The van der Waals surface area contributed by atoms with Crippen molar-refractivity contribution in [2.75, 3.05) is 6.61 Å². The van der Waals surface area contributed by atoms with Crippen LogP contribution >= 0.6 is 11.3 Å². The molecule has 0 aliphatic heterocycles. The Balaban J connectivity index is 1.83. The summed E-state index contributed by atoms with van der Waals surface area (Å²) < 4.78 is 4.89. The molecule has 0 spiro atoms. The maximum atomic E-state index is 11.8. The molecule has 2 aromatic rings. The number of ether oxygens (including phenoxy) is 1. The van der Waals surface area contributed by atoms with E-state index in [9.17, 15) is 9.59 Å². The lowest BCUT2D eigenvalue weighted by Gasteiger charge is -2.27. The summed E-state index contributed by atoms with van der Waals surface area (Å²) >= 11 is 1.46. The number of nitrogens with zero attached hydrogens (tertiary/aromatic N) is 5. The lowest BCUT2D eigenvalue weighted by atomic mass is 9.90. The molecule has 0 saturated heterocycles. The van der Waals surface area contributed by atoms with E-state index in [-0.39, 0.29) is 12.5 Å². The minimum Gasteiger partial charge on any atom is -0.454 e. The van der Waals surface area contributed by atoms with E-state index in [0.717, 1.165) is 9.67 Å². The van der Waals surface area contributed by atoms with Gasteiger partial charge in [0.05, 0.1) is 10.9 Å². The first-order chi connectivity index (χ1) is 11.8. The molecular formula is C15H18N6O3S. The number of nitrogens with one attached hydrogen (secondary N) is 1. The fourth-order valence-corrected chi connectivity index (χ4v) is 2.40. The van der Waals surface area contributed by atoms with E-state index in [2.05, 4.69) is 20.7 Å². The fraction of sp³-hybridized carbons (Fsp3) is 0.467. The summed E-state index contributed by atoms with van der Waals surface area (Å²) in [5, 5.41) is 25.3. The molecular weight excluding hydrogens is 344 g/mol. The molecule has 1 N–H and O–H groups in total. The highest BCUT2D eigenvalue weighted by Gasteiger charge is 2.30. The van der Waals surface area contributed by atoms with Gasteiger partial charge < -0.3 is 10.1 Å². The Kier molecular flexibility index (Phi) is 5.82. The minimum atomic E-state index is -1.02. The average Bonchev–Trinajstić information content (AvgIpc) is 3.23. The van der Waals surface area contributed by atoms with Crippen molar-refractivity contribution in [3.63, 3.8) is 0 Å². The van der Waals surface area contributed by atoms with E-state index in [1.54, 1.807) is 6.92 Å². The third-order valence-electron chi connectivity index (χ3n) is 3.62. The molecule has 1 atom stereocenters. The highest BCUT2D eigenvalue weighted by molar-refractivity contribution is 7.13. The zero-order valence-electron chi connectivity index (χ0n) is 14.1. The van der Waals surface area contributed by atoms with Crippen LogP contribution < -0.4 is 5.32 Å².